The van der Waals surface area contributed by atoms with Crippen LogP contribution < -0.4 is 0 Å². The second-order valence-corrected chi connectivity index (χ2v) is 4.28. The SMILES string of the molecule is CCC(Cc1ccc(O)cc1)C(C)C. The summed E-state index contributed by atoms with van der Waals surface area (Å²) in [6, 6.07) is 7.56. The second-order valence-electron chi connectivity index (χ2n) is 4.28. The Bertz CT molecular complexity index is 261. The Balaban J connectivity index is 2.63. The monoisotopic (exact) mass is 192 g/mol. The van der Waals surface area contributed by atoms with Gasteiger partial charge in [0.25, 0.3) is 0 Å². The van der Waals surface area contributed by atoms with E-state index in [1.165, 1.54) is 12.0 Å². The molecule has 0 saturated heterocycles. The van der Waals surface area contributed by atoms with Gasteiger partial charge in [-0.2, -0.15) is 0 Å². The minimum atomic E-state index is 0.353. The third-order valence-electron chi connectivity index (χ3n) is 2.90. The molecule has 0 aromatic heterocycles. The highest BCUT2D eigenvalue weighted by atomic mass is 16.3. The lowest BCUT2D eigenvalue weighted by Gasteiger charge is -2.18. The van der Waals surface area contributed by atoms with E-state index in [1.54, 1.807) is 12.1 Å². The molecular weight excluding hydrogens is 172 g/mol. The van der Waals surface area contributed by atoms with Gasteiger partial charge in [-0.1, -0.05) is 39.3 Å². The van der Waals surface area contributed by atoms with Crippen molar-refractivity contribution in [1.29, 1.82) is 0 Å². The number of benzene rings is 1. The zero-order valence-corrected chi connectivity index (χ0v) is 9.33. The number of hydrogen-bond donors (Lipinski definition) is 1. The van der Waals surface area contributed by atoms with Gasteiger partial charge in [-0.05, 0) is 36.0 Å². The maximum Gasteiger partial charge on any atom is 0.115 e. The summed E-state index contributed by atoms with van der Waals surface area (Å²) in [5.41, 5.74) is 1.32. The molecule has 78 valence electrons. The van der Waals surface area contributed by atoms with Crippen molar-refractivity contribution in [2.75, 3.05) is 0 Å². The van der Waals surface area contributed by atoms with Crippen molar-refractivity contribution >= 4 is 0 Å². The fourth-order valence-corrected chi connectivity index (χ4v) is 1.79. The Morgan fingerprint density at radius 1 is 1.14 bits per heavy atom. The zero-order valence-electron chi connectivity index (χ0n) is 9.33. The van der Waals surface area contributed by atoms with E-state index in [0.717, 1.165) is 18.3 Å². The first-order chi connectivity index (χ1) is 6.63. The van der Waals surface area contributed by atoms with Gasteiger partial charge in [-0.15, -0.1) is 0 Å². The molecule has 1 rings (SSSR count). The predicted octanol–water partition coefficient (Wildman–Crippen LogP) is 3.62. The molecule has 0 aliphatic rings. The summed E-state index contributed by atoms with van der Waals surface area (Å²) in [4.78, 5) is 0. The fourth-order valence-electron chi connectivity index (χ4n) is 1.79. The molecule has 14 heavy (non-hydrogen) atoms. The second kappa shape index (κ2) is 5.04. The quantitative estimate of drug-likeness (QED) is 0.772. The van der Waals surface area contributed by atoms with Crippen LogP contribution in [0.25, 0.3) is 0 Å². The van der Waals surface area contributed by atoms with Crippen LogP contribution in [0.4, 0.5) is 0 Å². The summed E-state index contributed by atoms with van der Waals surface area (Å²) in [6.07, 6.45) is 2.34. The van der Waals surface area contributed by atoms with Crippen molar-refractivity contribution in [3.8, 4) is 5.75 Å². The van der Waals surface area contributed by atoms with E-state index in [-0.39, 0.29) is 0 Å². The maximum absolute atomic E-state index is 9.16. The Hall–Kier alpha value is -0.980. The van der Waals surface area contributed by atoms with Gasteiger partial charge in [0.15, 0.2) is 0 Å². The van der Waals surface area contributed by atoms with Crippen molar-refractivity contribution in [3.63, 3.8) is 0 Å². The van der Waals surface area contributed by atoms with Crippen molar-refractivity contribution < 1.29 is 5.11 Å². The van der Waals surface area contributed by atoms with Crippen LogP contribution in [0.2, 0.25) is 0 Å². The molecule has 0 spiro atoms. The molecule has 0 radical (unpaired) electrons. The smallest absolute Gasteiger partial charge is 0.115 e. The van der Waals surface area contributed by atoms with Crippen molar-refractivity contribution in [1.82, 2.24) is 0 Å². The molecule has 1 aromatic rings. The third kappa shape index (κ3) is 3.06. The first-order valence-electron chi connectivity index (χ1n) is 5.41. The normalized spacial score (nSPS) is 13.1. The highest BCUT2D eigenvalue weighted by Crippen LogP contribution is 2.21. The zero-order chi connectivity index (χ0) is 10.6. The van der Waals surface area contributed by atoms with E-state index in [4.69, 9.17) is 5.11 Å². The van der Waals surface area contributed by atoms with Gasteiger partial charge in [0.2, 0.25) is 0 Å². The van der Waals surface area contributed by atoms with Crippen LogP contribution in [0.3, 0.4) is 0 Å². The molecule has 1 heteroatoms. The average molecular weight is 192 g/mol. The largest absolute Gasteiger partial charge is 0.508 e. The van der Waals surface area contributed by atoms with Crippen LogP contribution in [-0.2, 0) is 6.42 Å². The number of phenols is 1. The van der Waals surface area contributed by atoms with E-state index in [2.05, 4.69) is 20.8 Å². The fraction of sp³-hybridized carbons (Fsp3) is 0.538. The summed E-state index contributed by atoms with van der Waals surface area (Å²) in [6.45, 7) is 6.79. The molecule has 0 heterocycles. The molecule has 1 atom stereocenters. The molecule has 0 fully saturated rings. The lowest BCUT2D eigenvalue weighted by atomic mass is 9.87. The number of phenolic OH excluding ortho intramolecular Hbond substituents is 1. The summed E-state index contributed by atoms with van der Waals surface area (Å²) >= 11 is 0. The summed E-state index contributed by atoms with van der Waals surface area (Å²) in [5.74, 6) is 1.83. The molecule has 0 bridgehead atoms. The van der Waals surface area contributed by atoms with Gasteiger partial charge in [-0.25, -0.2) is 0 Å². The predicted molar refractivity (Wildman–Crippen MR) is 60.4 cm³/mol. The molecule has 1 aromatic carbocycles. The van der Waals surface area contributed by atoms with Crippen LogP contribution in [0.15, 0.2) is 24.3 Å². The van der Waals surface area contributed by atoms with Gasteiger partial charge in [0.1, 0.15) is 5.75 Å². The van der Waals surface area contributed by atoms with Crippen molar-refractivity contribution in [2.45, 2.75) is 33.6 Å². The Morgan fingerprint density at radius 3 is 2.14 bits per heavy atom. The van der Waals surface area contributed by atoms with E-state index in [9.17, 15) is 0 Å². The summed E-state index contributed by atoms with van der Waals surface area (Å²) in [7, 11) is 0. The topological polar surface area (TPSA) is 20.2 Å². The van der Waals surface area contributed by atoms with Crippen molar-refractivity contribution in [2.24, 2.45) is 11.8 Å². The van der Waals surface area contributed by atoms with Crippen LogP contribution >= 0.6 is 0 Å². The van der Waals surface area contributed by atoms with E-state index in [0.29, 0.717) is 5.75 Å². The first-order valence-corrected chi connectivity index (χ1v) is 5.41. The molecular formula is C13H20O. The highest BCUT2D eigenvalue weighted by molar-refractivity contribution is 5.26. The standard InChI is InChI=1S/C13H20O/c1-4-12(10(2)3)9-11-5-7-13(14)8-6-11/h5-8,10,12,14H,4,9H2,1-3H3. The Morgan fingerprint density at radius 2 is 1.71 bits per heavy atom. The number of aromatic hydroxyl groups is 1. The maximum atomic E-state index is 9.16. The number of rotatable bonds is 4. The van der Waals surface area contributed by atoms with Gasteiger partial charge < -0.3 is 5.11 Å². The highest BCUT2D eigenvalue weighted by Gasteiger charge is 2.11. The van der Waals surface area contributed by atoms with E-state index < -0.39 is 0 Å². The molecule has 0 aliphatic heterocycles. The van der Waals surface area contributed by atoms with Crippen molar-refractivity contribution in [3.05, 3.63) is 29.8 Å². The van der Waals surface area contributed by atoms with Gasteiger partial charge in [-0.3, -0.25) is 0 Å². The summed E-state index contributed by atoms with van der Waals surface area (Å²) < 4.78 is 0. The minimum absolute atomic E-state index is 0.353. The first kappa shape index (κ1) is 11.1. The molecule has 0 saturated carbocycles. The number of hydrogen-bond acceptors (Lipinski definition) is 1. The van der Waals surface area contributed by atoms with Gasteiger partial charge in [0, 0.05) is 0 Å². The summed E-state index contributed by atoms with van der Waals surface area (Å²) in [5, 5.41) is 9.16. The molecule has 0 aliphatic carbocycles. The Labute approximate surface area is 86.8 Å². The minimum Gasteiger partial charge on any atom is -0.508 e. The van der Waals surface area contributed by atoms with E-state index in [1.807, 2.05) is 12.1 Å². The van der Waals surface area contributed by atoms with Crippen LogP contribution in [0.1, 0.15) is 32.8 Å². The van der Waals surface area contributed by atoms with Gasteiger partial charge >= 0.3 is 0 Å². The lowest BCUT2D eigenvalue weighted by molar-refractivity contribution is 0.371. The van der Waals surface area contributed by atoms with Gasteiger partial charge in [0.05, 0.1) is 0 Å². The third-order valence-corrected chi connectivity index (χ3v) is 2.90. The molecule has 1 unspecified atom stereocenters. The Kier molecular flexibility index (Phi) is 3.99. The van der Waals surface area contributed by atoms with Crippen LogP contribution in [0.5, 0.6) is 5.75 Å². The average Bonchev–Trinajstić information content (AvgIpc) is 2.16. The lowest BCUT2D eigenvalue weighted by Crippen LogP contribution is -2.10. The van der Waals surface area contributed by atoms with Crippen LogP contribution in [-0.4, -0.2) is 5.11 Å². The molecule has 1 nitrogen and oxygen atoms in total. The van der Waals surface area contributed by atoms with E-state index >= 15 is 0 Å². The molecule has 0 amide bonds. The molecule has 1 N–H and O–H groups in total. The van der Waals surface area contributed by atoms with Crippen LogP contribution in [0, 0.1) is 11.8 Å².